The monoisotopic (exact) mass is 313 g/mol. The molecule has 23 heavy (non-hydrogen) atoms. The molecule has 1 amide bonds. The fourth-order valence-corrected chi connectivity index (χ4v) is 3.96. The Morgan fingerprint density at radius 1 is 1.13 bits per heavy atom. The van der Waals surface area contributed by atoms with Crippen molar-refractivity contribution in [2.45, 2.75) is 38.1 Å². The number of hydrogen-bond donors (Lipinski definition) is 0. The zero-order valence-electron chi connectivity index (χ0n) is 13.4. The van der Waals surface area contributed by atoms with Crippen molar-refractivity contribution in [1.29, 1.82) is 0 Å². The van der Waals surface area contributed by atoms with Crippen LogP contribution in [0.15, 0.2) is 30.4 Å². The first-order chi connectivity index (χ1) is 11.3. The Morgan fingerprint density at radius 2 is 2.04 bits per heavy atom. The molecule has 122 valence electrons. The molecule has 4 nitrogen and oxygen atoms in total. The maximum absolute atomic E-state index is 13.0. The van der Waals surface area contributed by atoms with Gasteiger partial charge in [-0.3, -0.25) is 4.79 Å². The first-order valence-electron chi connectivity index (χ1n) is 8.68. The highest BCUT2D eigenvalue weighted by atomic mass is 16.6. The summed E-state index contributed by atoms with van der Waals surface area (Å²) >= 11 is 0. The van der Waals surface area contributed by atoms with E-state index in [1.54, 1.807) is 0 Å². The van der Waals surface area contributed by atoms with Crippen LogP contribution in [0.25, 0.3) is 0 Å². The first-order valence-corrected chi connectivity index (χ1v) is 8.68. The Labute approximate surface area is 137 Å². The van der Waals surface area contributed by atoms with Crippen LogP contribution in [0, 0.1) is 5.92 Å². The SMILES string of the molecule is O=C([C@@H]1CC=CCC1)N1CCC[C@H]1c1cccc2c1OCCO2. The lowest BCUT2D eigenvalue weighted by atomic mass is 9.92. The smallest absolute Gasteiger partial charge is 0.226 e. The molecule has 0 radical (unpaired) electrons. The van der Waals surface area contributed by atoms with E-state index in [1.165, 1.54) is 0 Å². The van der Waals surface area contributed by atoms with E-state index in [9.17, 15) is 4.79 Å². The number of nitrogens with zero attached hydrogens (tertiary/aromatic N) is 1. The molecule has 1 aliphatic carbocycles. The predicted molar refractivity (Wildman–Crippen MR) is 87.6 cm³/mol. The molecule has 2 heterocycles. The minimum absolute atomic E-state index is 0.130. The minimum atomic E-state index is 0.130. The van der Waals surface area contributed by atoms with Gasteiger partial charge >= 0.3 is 0 Å². The molecule has 0 spiro atoms. The molecule has 2 aliphatic heterocycles. The van der Waals surface area contributed by atoms with Gasteiger partial charge in [-0.2, -0.15) is 0 Å². The van der Waals surface area contributed by atoms with Crippen molar-refractivity contribution >= 4 is 5.91 Å². The summed E-state index contributed by atoms with van der Waals surface area (Å²) in [5, 5.41) is 0. The Bertz CT molecular complexity index is 625. The van der Waals surface area contributed by atoms with E-state index < -0.39 is 0 Å². The Balaban J connectivity index is 1.61. The van der Waals surface area contributed by atoms with Crippen molar-refractivity contribution in [2.24, 2.45) is 5.92 Å². The van der Waals surface area contributed by atoms with Gasteiger partial charge in [0.1, 0.15) is 13.2 Å². The molecule has 1 aromatic rings. The summed E-state index contributed by atoms with van der Waals surface area (Å²) in [5.74, 6) is 2.11. The number of carbonyl (C=O) groups excluding carboxylic acids is 1. The van der Waals surface area contributed by atoms with Crippen LogP contribution in [0.4, 0.5) is 0 Å². The molecular weight excluding hydrogens is 290 g/mol. The molecule has 1 saturated heterocycles. The van der Waals surface area contributed by atoms with E-state index in [0.29, 0.717) is 19.1 Å². The number of benzene rings is 1. The summed E-state index contributed by atoms with van der Waals surface area (Å²) in [5.41, 5.74) is 1.11. The van der Waals surface area contributed by atoms with Gasteiger partial charge in [0.2, 0.25) is 5.91 Å². The number of likely N-dealkylation sites (tertiary alicyclic amines) is 1. The number of fused-ring (bicyclic) bond motifs is 1. The van der Waals surface area contributed by atoms with E-state index >= 15 is 0 Å². The van der Waals surface area contributed by atoms with E-state index in [-0.39, 0.29) is 12.0 Å². The van der Waals surface area contributed by atoms with Crippen LogP contribution in [0.5, 0.6) is 11.5 Å². The van der Waals surface area contributed by atoms with Gasteiger partial charge < -0.3 is 14.4 Å². The topological polar surface area (TPSA) is 38.8 Å². The van der Waals surface area contributed by atoms with Crippen molar-refractivity contribution in [1.82, 2.24) is 4.90 Å². The Morgan fingerprint density at radius 3 is 2.91 bits per heavy atom. The van der Waals surface area contributed by atoms with Crippen LogP contribution in [-0.2, 0) is 4.79 Å². The third-order valence-electron chi connectivity index (χ3n) is 5.11. The van der Waals surface area contributed by atoms with E-state index in [1.807, 2.05) is 12.1 Å². The Hall–Kier alpha value is -1.97. The van der Waals surface area contributed by atoms with Gasteiger partial charge in [-0.05, 0) is 38.2 Å². The molecule has 2 atom stereocenters. The second-order valence-corrected chi connectivity index (χ2v) is 6.54. The van der Waals surface area contributed by atoms with Crippen LogP contribution < -0.4 is 9.47 Å². The standard InChI is InChI=1S/C19H23NO3/c21-19(14-6-2-1-3-7-14)20-11-5-9-16(20)15-8-4-10-17-18(15)23-13-12-22-17/h1-2,4,8,10,14,16H,3,5-7,9,11-13H2/t14-,16+/m1/s1. The molecule has 0 unspecified atom stereocenters. The molecule has 1 fully saturated rings. The first kappa shape index (κ1) is 14.6. The minimum Gasteiger partial charge on any atom is -0.486 e. The van der Waals surface area contributed by atoms with Gasteiger partial charge in [-0.1, -0.05) is 24.3 Å². The van der Waals surface area contributed by atoms with Crippen LogP contribution >= 0.6 is 0 Å². The fourth-order valence-electron chi connectivity index (χ4n) is 3.96. The van der Waals surface area contributed by atoms with Gasteiger partial charge in [0.05, 0.1) is 6.04 Å². The largest absolute Gasteiger partial charge is 0.486 e. The molecular formula is C19H23NO3. The normalized spacial score (nSPS) is 26.3. The number of rotatable bonds is 2. The number of amides is 1. The molecule has 1 aromatic carbocycles. The number of para-hydroxylation sites is 1. The van der Waals surface area contributed by atoms with Gasteiger partial charge in [0.25, 0.3) is 0 Å². The van der Waals surface area contributed by atoms with Crippen LogP contribution in [-0.4, -0.2) is 30.6 Å². The average molecular weight is 313 g/mol. The summed E-state index contributed by atoms with van der Waals surface area (Å²) in [7, 11) is 0. The van der Waals surface area contributed by atoms with E-state index in [0.717, 1.165) is 55.7 Å². The van der Waals surface area contributed by atoms with Gasteiger partial charge in [-0.25, -0.2) is 0 Å². The van der Waals surface area contributed by atoms with E-state index in [4.69, 9.17) is 9.47 Å². The van der Waals surface area contributed by atoms with Crippen LogP contribution in [0.1, 0.15) is 43.7 Å². The lowest BCUT2D eigenvalue weighted by molar-refractivity contribution is -0.136. The third-order valence-corrected chi connectivity index (χ3v) is 5.11. The predicted octanol–water partition coefficient (Wildman–Crippen LogP) is 3.48. The maximum atomic E-state index is 13.0. The fraction of sp³-hybridized carbons (Fsp3) is 0.526. The highest BCUT2D eigenvalue weighted by molar-refractivity contribution is 5.80. The molecule has 4 heteroatoms. The zero-order chi connectivity index (χ0) is 15.6. The number of allylic oxidation sites excluding steroid dienone is 2. The highest BCUT2D eigenvalue weighted by Crippen LogP contribution is 2.43. The maximum Gasteiger partial charge on any atom is 0.226 e. The van der Waals surface area contributed by atoms with Crippen LogP contribution in [0.2, 0.25) is 0 Å². The van der Waals surface area contributed by atoms with Gasteiger partial charge in [0, 0.05) is 18.0 Å². The van der Waals surface area contributed by atoms with Gasteiger partial charge in [0.15, 0.2) is 11.5 Å². The number of hydrogen-bond acceptors (Lipinski definition) is 3. The van der Waals surface area contributed by atoms with Crippen LogP contribution in [0.3, 0.4) is 0 Å². The van der Waals surface area contributed by atoms with Gasteiger partial charge in [-0.15, -0.1) is 0 Å². The van der Waals surface area contributed by atoms with Crippen molar-refractivity contribution in [3.05, 3.63) is 35.9 Å². The van der Waals surface area contributed by atoms with Crippen molar-refractivity contribution in [2.75, 3.05) is 19.8 Å². The number of carbonyl (C=O) groups is 1. The third kappa shape index (κ3) is 2.71. The molecule has 3 aliphatic rings. The second kappa shape index (κ2) is 6.26. The zero-order valence-corrected chi connectivity index (χ0v) is 13.4. The quantitative estimate of drug-likeness (QED) is 0.785. The lowest BCUT2D eigenvalue weighted by Crippen LogP contribution is -2.36. The molecule has 0 bridgehead atoms. The van der Waals surface area contributed by atoms with E-state index in [2.05, 4.69) is 23.1 Å². The molecule has 4 rings (SSSR count). The van der Waals surface area contributed by atoms with Crippen molar-refractivity contribution in [3.63, 3.8) is 0 Å². The highest BCUT2D eigenvalue weighted by Gasteiger charge is 2.36. The lowest BCUT2D eigenvalue weighted by Gasteiger charge is -2.31. The summed E-state index contributed by atoms with van der Waals surface area (Å²) in [4.78, 5) is 15.1. The number of ether oxygens (including phenoxy) is 2. The summed E-state index contributed by atoms with van der Waals surface area (Å²) in [6.45, 7) is 2.03. The Kier molecular flexibility index (Phi) is 3.98. The summed E-state index contributed by atoms with van der Waals surface area (Å²) < 4.78 is 11.6. The van der Waals surface area contributed by atoms with Crippen molar-refractivity contribution < 1.29 is 14.3 Å². The molecule has 0 aromatic heterocycles. The summed E-state index contributed by atoms with van der Waals surface area (Å²) in [6, 6.07) is 6.17. The molecule has 0 N–H and O–H groups in total. The van der Waals surface area contributed by atoms with Crippen molar-refractivity contribution in [3.8, 4) is 11.5 Å². The summed E-state index contributed by atoms with van der Waals surface area (Å²) in [6.07, 6.45) is 9.28. The molecule has 0 saturated carbocycles. The second-order valence-electron chi connectivity index (χ2n) is 6.54. The average Bonchev–Trinajstić information content (AvgIpc) is 3.11.